The van der Waals surface area contributed by atoms with Crippen LogP contribution in [0.2, 0.25) is 0 Å². The molecule has 2 heterocycles. The number of ketones is 2. The number of fused-ring (bicyclic) bond motifs is 2. The van der Waals surface area contributed by atoms with Crippen LogP contribution in [0.1, 0.15) is 84.5 Å². The van der Waals surface area contributed by atoms with E-state index in [2.05, 4.69) is 4.74 Å². The molecule has 238 valence electrons. The molecule has 0 aliphatic carbocycles. The van der Waals surface area contributed by atoms with Crippen LogP contribution in [0.25, 0.3) is 0 Å². The molecule has 2 aromatic rings. The SMILES string of the molecule is CC(C)(C)OC(=O)N1Cc2ccc(C(=O)C(=O)O)cc2C1.COC(=O)C(=O)c1ccc2c(c1)CN(C(=O)OC(C)(C)C)C2.[Li+].[OH-]. The first kappa shape index (κ1) is 38.8. The van der Waals surface area contributed by atoms with Gasteiger partial charge in [0.25, 0.3) is 11.6 Å². The Balaban J connectivity index is 0.000000431. The topological polar surface area (TPSA) is 187 Å². The first-order valence-corrected chi connectivity index (χ1v) is 13.5. The zero-order valence-electron chi connectivity index (χ0n) is 26.8. The van der Waals surface area contributed by atoms with E-state index in [0.29, 0.717) is 26.2 Å². The van der Waals surface area contributed by atoms with Gasteiger partial charge < -0.3 is 24.8 Å². The van der Waals surface area contributed by atoms with Crippen LogP contribution in [0.3, 0.4) is 0 Å². The second-order valence-corrected chi connectivity index (χ2v) is 12.1. The predicted molar refractivity (Wildman–Crippen MR) is 154 cm³/mol. The summed E-state index contributed by atoms with van der Waals surface area (Å²) in [7, 11) is 1.16. The van der Waals surface area contributed by atoms with Crippen molar-refractivity contribution >= 4 is 35.7 Å². The Morgan fingerprint density at radius 3 is 1.33 bits per heavy atom. The van der Waals surface area contributed by atoms with E-state index in [4.69, 9.17) is 14.6 Å². The number of carboxylic acid groups (broad SMARTS) is 1. The van der Waals surface area contributed by atoms with Crippen LogP contribution in [0.4, 0.5) is 9.59 Å². The van der Waals surface area contributed by atoms with E-state index in [1.165, 1.54) is 17.0 Å². The number of hydrogen-bond donors (Lipinski definition) is 1. The number of ether oxygens (including phenoxy) is 3. The van der Waals surface area contributed by atoms with Crippen LogP contribution >= 0.6 is 0 Å². The van der Waals surface area contributed by atoms with Gasteiger partial charge in [0.05, 0.1) is 7.11 Å². The van der Waals surface area contributed by atoms with Gasteiger partial charge in [-0.1, -0.05) is 24.3 Å². The summed E-state index contributed by atoms with van der Waals surface area (Å²) in [6, 6.07) is 9.60. The summed E-state index contributed by atoms with van der Waals surface area (Å²) in [6.45, 7) is 12.3. The maximum atomic E-state index is 12.1. The third-order valence-corrected chi connectivity index (χ3v) is 6.25. The van der Waals surface area contributed by atoms with Crippen LogP contribution in [-0.2, 0) is 50.0 Å². The average Bonchev–Trinajstić information content (AvgIpc) is 3.54. The Bertz CT molecular complexity index is 1470. The van der Waals surface area contributed by atoms with Crippen LogP contribution in [0.15, 0.2) is 36.4 Å². The molecule has 0 atom stereocenters. The summed E-state index contributed by atoms with van der Waals surface area (Å²) in [5, 5.41) is 8.72. The smallest absolute Gasteiger partial charge is 0.870 e. The van der Waals surface area contributed by atoms with Gasteiger partial charge in [-0.15, -0.1) is 0 Å². The fraction of sp³-hybridized carbons (Fsp3) is 0.419. The molecular weight excluding hydrogens is 583 g/mol. The summed E-state index contributed by atoms with van der Waals surface area (Å²) in [4.78, 5) is 72.4. The molecule has 2 aliphatic rings. The molecule has 4 rings (SSSR count). The first-order valence-electron chi connectivity index (χ1n) is 13.5. The summed E-state index contributed by atoms with van der Waals surface area (Å²) in [5.41, 5.74) is 2.68. The van der Waals surface area contributed by atoms with Crippen molar-refractivity contribution in [1.82, 2.24) is 9.80 Å². The summed E-state index contributed by atoms with van der Waals surface area (Å²) >= 11 is 0. The van der Waals surface area contributed by atoms with Gasteiger partial charge >= 0.3 is 43.0 Å². The second kappa shape index (κ2) is 15.2. The van der Waals surface area contributed by atoms with E-state index in [9.17, 15) is 28.8 Å². The number of amides is 2. The van der Waals surface area contributed by atoms with Crippen molar-refractivity contribution < 1.29 is 72.4 Å². The number of esters is 1. The number of carboxylic acids is 1. The quantitative estimate of drug-likeness (QED) is 0.171. The van der Waals surface area contributed by atoms with Crippen molar-refractivity contribution in [2.45, 2.75) is 78.9 Å². The summed E-state index contributed by atoms with van der Waals surface area (Å²) in [5.74, 6) is -4.03. The molecule has 0 unspecified atom stereocenters. The number of hydrogen-bond acceptors (Lipinski definition) is 10. The molecule has 2 aliphatic heterocycles. The van der Waals surface area contributed by atoms with Gasteiger partial charge in [0.15, 0.2) is 0 Å². The summed E-state index contributed by atoms with van der Waals surface area (Å²) in [6.07, 6.45) is -0.825. The van der Waals surface area contributed by atoms with Crippen molar-refractivity contribution in [3.05, 3.63) is 69.8 Å². The van der Waals surface area contributed by atoms with E-state index in [0.717, 1.165) is 29.4 Å². The van der Waals surface area contributed by atoms with Gasteiger partial charge in [0.2, 0.25) is 0 Å². The summed E-state index contributed by atoms with van der Waals surface area (Å²) < 4.78 is 15.1. The Kier molecular flexibility index (Phi) is 13.1. The predicted octanol–water partition coefficient (Wildman–Crippen LogP) is 1.32. The van der Waals surface area contributed by atoms with Gasteiger partial charge in [-0.3, -0.25) is 19.4 Å². The van der Waals surface area contributed by atoms with E-state index in [-0.39, 0.29) is 35.5 Å². The standard InChI is InChI=1S/C16H19NO5.C15H17NO5.Li.H2O/c1-16(2,3)22-15(20)17-8-11-6-5-10(7-12(11)9-17)13(18)14(19)21-4;1-15(2,3)21-14(20)16-7-10-5-4-9(6-11(10)8-16)12(17)13(18)19;;/h5-7H,8-9H2,1-4H3;4-6H,7-8H2,1-3H3,(H,18,19);;1H2/q;;+1;/p-1. The van der Waals surface area contributed by atoms with Crippen LogP contribution < -0.4 is 18.9 Å². The largest absolute Gasteiger partial charge is 1.00 e. The third-order valence-electron chi connectivity index (χ3n) is 6.25. The van der Waals surface area contributed by atoms with E-state index < -0.39 is 46.9 Å². The van der Waals surface area contributed by atoms with Crippen LogP contribution in [0.5, 0.6) is 0 Å². The van der Waals surface area contributed by atoms with Crippen LogP contribution in [-0.4, -0.2) is 74.4 Å². The first-order chi connectivity index (χ1) is 19.9. The molecule has 14 heteroatoms. The van der Waals surface area contributed by atoms with Gasteiger partial charge in [-0.25, -0.2) is 19.2 Å². The number of aliphatic carboxylic acids is 1. The normalized spacial score (nSPS) is 13.0. The number of Topliss-reactive ketones (excluding diaryl/α,β-unsaturated/α-hetero) is 2. The molecule has 0 saturated carbocycles. The zero-order chi connectivity index (χ0) is 32.3. The molecule has 0 radical (unpaired) electrons. The number of methoxy groups -OCH3 is 1. The molecule has 45 heavy (non-hydrogen) atoms. The molecular formula is C31H37LiN2O11. The Morgan fingerprint density at radius 1 is 0.644 bits per heavy atom. The maximum absolute atomic E-state index is 12.1. The number of carbonyl (C=O) groups excluding carboxylic acids is 5. The van der Waals surface area contributed by atoms with Crippen molar-refractivity contribution in [2.75, 3.05) is 7.11 Å². The van der Waals surface area contributed by atoms with E-state index in [1.807, 2.05) is 0 Å². The van der Waals surface area contributed by atoms with Gasteiger partial charge in [0.1, 0.15) is 11.2 Å². The van der Waals surface area contributed by atoms with Crippen molar-refractivity contribution in [3.63, 3.8) is 0 Å². The molecule has 0 bridgehead atoms. The van der Waals surface area contributed by atoms with Crippen molar-refractivity contribution in [2.24, 2.45) is 0 Å². The van der Waals surface area contributed by atoms with Gasteiger partial charge in [-0.05, 0) is 75.9 Å². The monoisotopic (exact) mass is 620 g/mol. The number of nitrogens with zero attached hydrogens (tertiary/aromatic N) is 2. The second-order valence-electron chi connectivity index (χ2n) is 12.1. The minimum Gasteiger partial charge on any atom is -0.870 e. The third kappa shape index (κ3) is 10.5. The molecule has 13 nitrogen and oxygen atoms in total. The average molecular weight is 621 g/mol. The zero-order valence-corrected chi connectivity index (χ0v) is 26.8. The Morgan fingerprint density at radius 2 is 1.00 bits per heavy atom. The molecule has 2 N–H and O–H groups in total. The molecule has 0 spiro atoms. The molecule has 0 fully saturated rings. The number of carbonyl (C=O) groups is 6. The van der Waals surface area contributed by atoms with Gasteiger partial charge in [-0.2, -0.15) is 0 Å². The Labute approximate surface area is 273 Å². The number of benzene rings is 2. The minimum absolute atomic E-state index is 0. The molecule has 0 saturated heterocycles. The molecule has 0 aromatic heterocycles. The fourth-order valence-electron chi connectivity index (χ4n) is 4.32. The van der Waals surface area contributed by atoms with E-state index in [1.54, 1.807) is 70.7 Å². The van der Waals surface area contributed by atoms with Crippen molar-refractivity contribution in [1.29, 1.82) is 0 Å². The maximum Gasteiger partial charge on any atom is 1.00 e. The van der Waals surface area contributed by atoms with Crippen LogP contribution in [0, 0.1) is 0 Å². The van der Waals surface area contributed by atoms with Crippen molar-refractivity contribution in [3.8, 4) is 0 Å². The van der Waals surface area contributed by atoms with E-state index >= 15 is 0 Å². The Hall–Kier alpha value is -4.18. The number of rotatable bonds is 4. The molecule has 2 aromatic carbocycles. The van der Waals surface area contributed by atoms with Gasteiger partial charge in [0, 0.05) is 37.3 Å². The minimum atomic E-state index is -1.49. The molecule has 2 amide bonds. The fourth-order valence-corrected chi connectivity index (χ4v) is 4.32.